The van der Waals surface area contributed by atoms with Gasteiger partial charge in [0.25, 0.3) is 0 Å². The van der Waals surface area contributed by atoms with E-state index in [4.69, 9.17) is 31.5 Å². The molecule has 33 heavy (non-hydrogen) atoms. The highest BCUT2D eigenvalue weighted by Gasteiger charge is 2.34. The third kappa shape index (κ3) is 4.21. The van der Waals surface area contributed by atoms with Crippen LogP contribution in [0.1, 0.15) is 34.3 Å². The van der Waals surface area contributed by atoms with Gasteiger partial charge >= 0.3 is 5.97 Å². The van der Waals surface area contributed by atoms with Crippen LogP contribution in [0.2, 0.25) is 5.02 Å². The number of carbonyl (C=O) groups is 1. The van der Waals surface area contributed by atoms with E-state index in [0.717, 1.165) is 0 Å². The fraction of sp³-hybridized carbons (Fsp3) is 0.120. The molecule has 8 heteroatoms. The lowest BCUT2D eigenvalue weighted by Crippen LogP contribution is -2.22. The highest BCUT2D eigenvalue weighted by atomic mass is 35.5. The SMILES string of the molecule is CCOc1ccccc1C(=O)Oc1ccc2c(c1)OC(N)=C(C#N)C2c1c(F)cccc1Cl. The van der Waals surface area contributed by atoms with E-state index in [0.29, 0.717) is 17.9 Å². The van der Waals surface area contributed by atoms with Crippen LogP contribution >= 0.6 is 11.6 Å². The van der Waals surface area contributed by atoms with E-state index < -0.39 is 17.7 Å². The molecule has 0 fully saturated rings. The van der Waals surface area contributed by atoms with Crippen LogP contribution < -0.4 is 19.9 Å². The summed E-state index contributed by atoms with van der Waals surface area (Å²) in [6.45, 7) is 2.21. The van der Waals surface area contributed by atoms with E-state index in [1.807, 2.05) is 13.0 Å². The molecule has 0 spiro atoms. The van der Waals surface area contributed by atoms with Crippen molar-refractivity contribution in [2.45, 2.75) is 12.8 Å². The Morgan fingerprint density at radius 3 is 2.73 bits per heavy atom. The van der Waals surface area contributed by atoms with Gasteiger partial charge in [-0.2, -0.15) is 5.26 Å². The van der Waals surface area contributed by atoms with Gasteiger partial charge in [0.2, 0.25) is 5.88 Å². The normalized spacial score (nSPS) is 14.7. The molecule has 4 rings (SSSR count). The van der Waals surface area contributed by atoms with Gasteiger partial charge in [-0.25, -0.2) is 9.18 Å². The van der Waals surface area contributed by atoms with Crippen LogP contribution in [0.3, 0.4) is 0 Å². The number of esters is 1. The van der Waals surface area contributed by atoms with E-state index >= 15 is 0 Å². The summed E-state index contributed by atoms with van der Waals surface area (Å²) in [5.41, 5.74) is 6.84. The molecule has 2 N–H and O–H groups in total. The second kappa shape index (κ2) is 9.23. The summed E-state index contributed by atoms with van der Waals surface area (Å²) in [6, 6.07) is 17.6. The van der Waals surface area contributed by atoms with E-state index in [1.54, 1.807) is 30.3 Å². The van der Waals surface area contributed by atoms with Gasteiger partial charge in [-0.3, -0.25) is 0 Å². The number of carbonyl (C=O) groups excluding carboxylic acids is 1. The van der Waals surface area contributed by atoms with Gasteiger partial charge in [0.05, 0.1) is 12.5 Å². The van der Waals surface area contributed by atoms with E-state index in [2.05, 4.69) is 0 Å². The minimum Gasteiger partial charge on any atom is -0.493 e. The maximum Gasteiger partial charge on any atom is 0.347 e. The van der Waals surface area contributed by atoms with Crippen molar-refractivity contribution in [1.82, 2.24) is 0 Å². The molecule has 0 amide bonds. The average Bonchev–Trinajstić information content (AvgIpc) is 2.79. The molecular weight excluding hydrogens is 447 g/mol. The maximum absolute atomic E-state index is 14.7. The number of hydrogen-bond acceptors (Lipinski definition) is 6. The summed E-state index contributed by atoms with van der Waals surface area (Å²) in [6.07, 6.45) is 0. The van der Waals surface area contributed by atoms with Gasteiger partial charge in [0.1, 0.15) is 40.3 Å². The Labute approximate surface area is 194 Å². The minimum atomic E-state index is -0.879. The summed E-state index contributed by atoms with van der Waals surface area (Å²) < 4.78 is 31.3. The first kappa shape index (κ1) is 22.2. The Hall–Kier alpha value is -4.02. The van der Waals surface area contributed by atoms with Gasteiger partial charge in [-0.1, -0.05) is 35.9 Å². The lowest BCUT2D eigenvalue weighted by Gasteiger charge is -2.27. The molecule has 1 aliphatic rings. The summed E-state index contributed by atoms with van der Waals surface area (Å²) in [5, 5.41) is 9.80. The maximum atomic E-state index is 14.7. The molecule has 0 aromatic heterocycles. The highest BCUT2D eigenvalue weighted by molar-refractivity contribution is 6.31. The first-order valence-electron chi connectivity index (χ1n) is 10.0. The standard InChI is InChI=1S/C25H18ClFN2O4/c1-2-31-20-9-4-3-6-16(20)25(30)32-14-10-11-15-21(12-14)33-24(29)17(13-28)22(15)23-18(26)7-5-8-19(23)27/h3-12,22H,2,29H2,1H3. The van der Waals surface area contributed by atoms with Gasteiger partial charge in [-0.05, 0) is 37.3 Å². The minimum absolute atomic E-state index is 0.0323. The number of fused-ring (bicyclic) bond motifs is 1. The lowest BCUT2D eigenvalue weighted by atomic mass is 9.83. The van der Waals surface area contributed by atoms with Crippen LogP contribution in [0.25, 0.3) is 0 Å². The second-order valence-corrected chi connectivity index (χ2v) is 7.49. The van der Waals surface area contributed by atoms with Crippen LogP contribution in [0.4, 0.5) is 4.39 Å². The number of nitriles is 1. The topological polar surface area (TPSA) is 94.6 Å². The molecule has 1 unspecified atom stereocenters. The van der Waals surface area contributed by atoms with Crippen molar-refractivity contribution >= 4 is 17.6 Å². The number of nitrogens with two attached hydrogens (primary N) is 1. The van der Waals surface area contributed by atoms with Crippen LogP contribution in [-0.2, 0) is 0 Å². The summed E-state index contributed by atoms with van der Waals surface area (Å²) in [5.74, 6) is -1.46. The first-order chi connectivity index (χ1) is 15.9. The van der Waals surface area contributed by atoms with Crippen LogP contribution in [0.15, 0.2) is 72.1 Å². The largest absolute Gasteiger partial charge is 0.493 e. The van der Waals surface area contributed by atoms with Crippen LogP contribution in [0, 0.1) is 17.1 Å². The Morgan fingerprint density at radius 2 is 2.00 bits per heavy atom. The number of allylic oxidation sites excluding steroid dienone is 1. The quantitative estimate of drug-likeness (QED) is 0.406. The Bertz CT molecular complexity index is 1300. The molecule has 166 valence electrons. The van der Waals surface area contributed by atoms with Gasteiger partial charge < -0.3 is 19.9 Å². The molecule has 0 radical (unpaired) electrons. The molecule has 1 heterocycles. The lowest BCUT2D eigenvalue weighted by molar-refractivity contribution is 0.0730. The molecule has 6 nitrogen and oxygen atoms in total. The van der Waals surface area contributed by atoms with Gasteiger partial charge in [0.15, 0.2) is 0 Å². The van der Waals surface area contributed by atoms with Crippen molar-refractivity contribution in [2.24, 2.45) is 5.73 Å². The van der Waals surface area contributed by atoms with Crippen molar-refractivity contribution in [2.75, 3.05) is 6.61 Å². The fourth-order valence-corrected chi connectivity index (χ4v) is 3.93. The summed E-state index contributed by atoms with van der Waals surface area (Å²) in [4.78, 5) is 12.7. The van der Waals surface area contributed by atoms with Crippen molar-refractivity contribution in [1.29, 1.82) is 5.26 Å². The number of ether oxygens (including phenoxy) is 3. The number of rotatable bonds is 5. The molecule has 0 bridgehead atoms. The molecule has 3 aromatic rings. The second-order valence-electron chi connectivity index (χ2n) is 7.08. The Morgan fingerprint density at radius 1 is 1.21 bits per heavy atom. The molecule has 0 saturated carbocycles. The molecular formula is C25H18ClFN2O4. The zero-order valence-corrected chi connectivity index (χ0v) is 18.2. The Kier molecular flexibility index (Phi) is 6.20. The highest BCUT2D eigenvalue weighted by Crippen LogP contribution is 2.46. The number of benzene rings is 3. The van der Waals surface area contributed by atoms with E-state index in [1.165, 1.54) is 30.3 Å². The number of nitrogens with zero attached hydrogens (tertiary/aromatic N) is 1. The molecule has 1 aliphatic heterocycles. The predicted octanol–water partition coefficient (Wildman–Crippen LogP) is 5.32. The van der Waals surface area contributed by atoms with E-state index in [9.17, 15) is 14.4 Å². The van der Waals surface area contributed by atoms with Gasteiger partial charge in [-0.15, -0.1) is 0 Å². The molecule has 3 aromatic carbocycles. The third-order valence-electron chi connectivity index (χ3n) is 5.10. The third-order valence-corrected chi connectivity index (χ3v) is 5.43. The van der Waals surface area contributed by atoms with Crippen LogP contribution in [-0.4, -0.2) is 12.6 Å². The smallest absolute Gasteiger partial charge is 0.347 e. The van der Waals surface area contributed by atoms with Crippen molar-refractivity contribution in [3.05, 3.63) is 99.7 Å². The van der Waals surface area contributed by atoms with E-state index in [-0.39, 0.29) is 39.1 Å². The predicted molar refractivity (Wildman–Crippen MR) is 120 cm³/mol. The molecule has 0 aliphatic carbocycles. The average molecular weight is 465 g/mol. The first-order valence-corrected chi connectivity index (χ1v) is 10.4. The number of para-hydroxylation sites is 1. The van der Waals surface area contributed by atoms with Gasteiger partial charge in [0, 0.05) is 22.2 Å². The van der Waals surface area contributed by atoms with Crippen molar-refractivity contribution in [3.63, 3.8) is 0 Å². The van der Waals surface area contributed by atoms with Crippen molar-refractivity contribution in [3.8, 4) is 23.3 Å². The molecule has 0 saturated heterocycles. The zero-order chi connectivity index (χ0) is 23.5. The fourth-order valence-electron chi connectivity index (χ4n) is 3.66. The number of halogens is 2. The number of hydrogen-bond donors (Lipinski definition) is 1. The monoisotopic (exact) mass is 464 g/mol. The van der Waals surface area contributed by atoms with Crippen LogP contribution in [0.5, 0.6) is 17.2 Å². The van der Waals surface area contributed by atoms with Crippen molar-refractivity contribution < 1.29 is 23.4 Å². The summed E-state index contributed by atoms with van der Waals surface area (Å²) >= 11 is 6.27. The summed E-state index contributed by atoms with van der Waals surface area (Å²) in [7, 11) is 0. The zero-order valence-electron chi connectivity index (χ0n) is 17.5. The Balaban J connectivity index is 1.72. The molecule has 1 atom stereocenters.